The van der Waals surface area contributed by atoms with Gasteiger partial charge in [0.05, 0.1) is 5.69 Å². The first-order chi connectivity index (χ1) is 14.1. The molecule has 1 amide bonds. The molecule has 3 aromatic carbocycles. The van der Waals surface area contributed by atoms with E-state index in [0.717, 1.165) is 10.0 Å². The Morgan fingerprint density at radius 2 is 1.76 bits per heavy atom. The summed E-state index contributed by atoms with van der Waals surface area (Å²) in [6.45, 7) is 0.315. The number of para-hydroxylation sites is 2. The lowest BCUT2D eigenvalue weighted by Crippen LogP contribution is -2.14. The Morgan fingerprint density at radius 1 is 1.07 bits per heavy atom. The third kappa shape index (κ3) is 5.31. The van der Waals surface area contributed by atoms with Gasteiger partial charge in [-0.2, -0.15) is 5.26 Å². The lowest BCUT2D eigenvalue weighted by atomic mass is 10.1. The van der Waals surface area contributed by atoms with Crippen LogP contribution in [0.5, 0.6) is 5.75 Å². The van der Waals surface area contributed by atoms with Crippen LogP contribution < -0.4 is 10.1 Å². The maximum atomic E-state index is 13.8. The van der Waals surface area contributed by atoms with Crippen molar-refractivity contribution < 1.29 is 13.9 Å². The van der Waals surface area contributed by atoms with Crippen molar-refractivity contribution >= 4 is 33.6 Å². The van der Waals surface area contributed by atoms with Crippen LogP contribution in [0.15, 0.2) is 82.8 Å². The zero-order chi connectivity index (χ0) is 20.6. The first kappa shape index (κ1) is 20.3. The molecule has 3 rings (SSSR count). The molecule has 144 valence electrons. The highest BCUT2D eigenvalue weighted by Crippen LogP contribution is 2.24. The van der Waals surface area contributed by atoms with Crippen LogP contribution in [-0.4, -0.2) is 5.91 Å². The van der Waals surface area contributed by atoms with Crippen molar-refractivity contribution in [1.29, 1.82) is 5.26 Å². The molecule has 1 N–H and O–H groups in total. The normalized spacial score (nSPS) is 10.9. The van der Waals surface area contributed by atoms with Gasteiger partial charge in [0, 0.05) is 15.6 Å². The molecule has 0 spiro atoms. The van der Waals surface area contributed by atoms with E-state index in [0.29, 0.717) is 17.9 Å². The molecule has 0 heterocycles. The lowest BCUT2D eigenvalue weighted by Gasteiger charge is -2.11. The van der Waals surface area contributed by atoms with E-state index >= 15 is 0 Å². The molecule has 0 atom stereocenters. The van der Waals surface area contributed by atoms with Gasteiger partial charge >= 0.3 is 0 Å². The second kappa shape index (κ2) is 9.67. The number of hydrogen-bond donors (Lipinski definition) is 1. The number of carbonyl (C=O) groups excluding carboxylic acids is 1. The Balaban J connectivity index is 1.81. The van der Waals surface area contributed by atoms with Crippen molar-refractivity contribution in [2.75, 3.05) is 5.32 Å². The fraction of sp³-hybridized carbons (Fsp3) is 0.0435. The van der Waals surface area contributed by atoms with Crippen molar-refractivity contribution in [3.05, 3.63) is 99.8 Å². The number of amides is 1. The van der Waals surface area contributed by atoms with Gasteiger partial charge in [-0.1, -0.05) is 64.5 Å². The van der Waals surface area contributed by atoms with Crippen molar-refractivity contribution in [2.24, 2.45) is 0 Å². The highest BCUT2D eigenvalue weighted by atomic mass is 79.9. The number of rotatable bonds is 6. The number of anilines is 1. The summed E-state index contributed by atoms with van der Waals surface area (Å²) < 4.78 is 20.6. The van der Waals surface area contributed by atoms with Gasteiger partial charge in [0.2, 0.25) is 0 Å². The highest BCUT2D eigenvalue weighted by molar-refractivity contribution is 9.10. The molecule has 0 fully saturated rings. The fourth-order valence-electron chi connectivity index (χ4n) is 2.56. The molecule has 29 heavy (non-hydrogen) atoms. The van der Waals surface area contributed by atoms with E-state index in [4.69, 9.17) is 4.74 Å². The van der Waals surface area contributed by atoms with Crippen LogP contribution in [0.4, 0.5) is 10.1 Å². The summed E-state index contributed by atoms with van der Waals surface area (Å²) in [5.41, 5.74) is 1.38. The SMILES string of the molecule is N#C/C(=C\c1ccccc1OCc1ccccc1Br)C(=O)Nc1ccccc1F. The standard InChI is InChI=1S/C23H16BrFN2O2/c24-19-9-3-1-8-17(19)15-29-22-12-6-2-7-16(22)13-18(14-26)23(28)27-21-11-5-4-10-20(21)25/h1-13H,15H2,(H,27,28)/b18-13+. The molecular weight excluding hydrogens is 435 g/mol. The van der Waals surface area contributed by atoms with Crippen molar-refractivity contribution in [1.82, 2.24) is 0 Å². The van der Waals surface area contributed by atoms with Gasteiger partial charge in [-0.15, -0.1) is 0 Å². The van der Waals surface area contributed by atoms with Crippen LogP contribution in [0.2, 0.25) is 0 Å². The molecule has 0 aliphatic rings. The van der Waals surface area contributed by atoms with E-state index in [1.807, 2.05) is 30.3 Å². The molecule has 0 unspecified atom stereocenters. The predicted octanol–water partition coefficient (Wildman–Crippen LogP) is 5.71. The maximum absolute atomic E-state index is 13.8. The highest BCUT2D eigenvalue weighted by Gasteiger charge is 2.13. The number of benzene rings is 3. The van der Waals surface area contributed by atoms with E-state index in [-0.39, 0.29) is 11.3 Å². The molecule has 0 aromatic heterocycles. The van der Waals surface area contributed by atoms with E-state index in [1.165, 1.54) is 24.3 Å². The monoisotopic (exact) mass is 450 g/mol. The molecule has 0 aliphatic heterocycles. The van der Waals surface area contributed by atoms with Crippen LogP contribution in [0.3, 0.4) is 0 Å². The summed E-state index contributed by atoms with van der Waals surface area (Å²) in [5.74, 6) is -0.747. The molecule has 4 nitrogen and oxygen atoms in total. The molecule has 0 saturated heterocycles. The van der Waals surface area contributed by atoms with E-state index < -0.39 is 11.7 Å². The molecule has 3 aromatic rings. The largest absolute Gasteiger partial charge is 0.488 e. The minimum atomic E-state index is -0.696. The van der Waals surface area contributed by atoms with Crippen molar-refractivity contribution in [3.8, 4) is 11.8 Å². The number of carbonyl (C=O) groups is 1. The van der Waals surface area contributed by atoms with Crippen molar-refractivity contribution in [2.45, 2.75) is 6.61 Å². The van der Waals surface area contributed by atoms with Gasteiger partial charge in [0.15, 0.2) is 0 Å². The molecule has 0 saturated carbocycles. The third-order valence-corrected chi connectivity index (χ3v) is 4.82. The van der Waals surface area contributed by atoms with E-state index in [1.54, 1.807) is 30.3 Å². The minimum absolute atomic E-state index is 0.0112. The predicted molar refractivity (Wildman–Crippen MR) is 114 cm³/mol. The lowest BCUT2D eigenvalue weighted by molar-refractivity contribution is -0.112. The topological polar surface area (TPSA) is 62.1 Å². The Kier molecular flexibility index (Phi) is 6.77. The second-order valence-electron chi connectivity index (χ2n) is 6.02. The van der Waals surface area contributed by atoms with Gasteiger partial charge in [-0.05, 0) is 30.3 Å². The van der Waals surface area contributed by atoms with E-state index in [2.05, 4.69) is 21.2 Å². The van der Waals surface area contributed by atoms with Gasteiger partial charge in [-0.3, -0.25) is 4.79 Å². The number of hydrogen-bond acceptors (Lipinski definition) is 3. The van der Waals surface area contributed by atoms with Gasteiger partial charge in [0.25, 0.3) is 5.91 Å². The van der Waals surface area contributed by atoms with Gasteiger partial charge in [0.1, 0.15) is 29.8 Å². The average molecular weight is 451 g/mol. The van der Waals surface area contributed by atoms with Crippen LogP contribution >= 0.6 is 15.9 Å². The average Bonchev–Trinajstić information content (AvgIpc) is 2.73. The fourth-order valence-corrected chi connectivity index (χ4v) is 2.96. The number of ether oxygens (including phenoxy) is 1. The molecule has 0 radical (unpaired) electrons. The molecule has 0 aliphatic carbocycles. The zero-order valence-electron chi connectivity index (χ0n) is 15.2. The summed E-state index contributed by atoms with van der Waals surface area (Å²) in [4.78, 5) is 12.4. The Morgan fingerprint density at radius 3 is 2.52 bits per heavy atom. The molecule has 0 bridgehead atoms. The quantitative estimate of drug-likeness (QED) is 0.386. The Labute approximate surface area is 176 Å². The van der Waals surface area contributed by atoms with Crippen molar-refractivity contribution in [3.63, 3.8) is 0 Å². The molecular formula is C23H16BrFN2O2. The van der Waals surface area contributed by atoms with Gasteiger partial charge < -0.3 is 10.1 Å². The smallest absolute Gasteiger partial charge is 0.266 e. The summed E-state index contributed by atoms with van der Waals surface area (Å²) in [6, 6.07) is 22.4. The minimum Gasteiger partial charge on any atom is -0.488 e. The maximum Gasteiger partial charge on any atom is 0.266 e. The number of nitriles is 1. The summed E-state index contributed by atoms with van der Waals surface area (Å²) >= 11 is 3.48. The van der Waals surface area contributed by atoms with E-state index in [9.17, 15) is 14.4 Å². The van der Waals surface area contributed by atoms with Crippen LogP contribution in [-0.2, 0) is 11.4 Å². The second-order valence-corrected chi connectivity index (χ2v) is 6.88. The Hall–Kier alpha value is -3.43. The first-order valence-corrected chi connectivity index (χ1v) is 9.50. The molecule has 6 heteroatoms. The third-order valence-electron chi connectivity index (χ3n) is 4.05. The first-order valence-electron chi connectivity index (χ1n) is 8.71. The van der Waals surface area contributed by atoms with Crippen LogP contribution in [0, 0.1) is 17.1 Å². The summed E-state index contributed by atoms with van der Waals surface area (Å²) in [5, 5.41) is 11.8. The summed E-state index contributed by atoms with van der Waals surface area (Å²) in [6.07, 6.45) is 1.42. The number of nitrogens with one attached hydrogen (secondary N) is 1. The Bertz CT molecular complexity index is 1110. The summed E-state index contributed by atoms with van der Waals surface area (Å²) in [7, 11) is 0. The van der Waals surface area contributed by atoms with Crippen LogP contribution in [0.1, 0.15) is 11.1 Å². The van der Waals surface area contributed by atoms with Gasteiger partial charge in [-0.25, -0.2) is 4.39 Å². The number of nitrogens with zero attached hydrogens (tertiary/aromatic N) is 1. The zero-order valence-corrected chi connectivity index (χ0v) is 16.8. The van der Waals surface area contributed by atoms with Crippen LogP contribution in [0.25, 0.3) is 6.08 Å². The number of halogens is 2.